The molecule has 0 aromatic heterocycles. The third-order valence-electron chi connectivity index (χ3n) is 3.07. The lowest BCUT2D eigenvalue weighted by Gasteiger charge is -2.04. The molecule has 0 aliphatic heterocycles. The SMILES string of the molecule is O=C(O)C1CC1CCc1c(F)cccc1Cl. The van der Waals surface area contributed by atoms with Gasteiger partial charge in [-0.3, -0.25) is 4.79 Å². The number of carboxylic acid groups (broad SMARTS) is 1. The van der Waals surface area contributed by atoms with Gasteiger partial charge in [0.1, 0.15) is 5.82 Å². The molecule has 1 aromatic carbocycles. The number of aliphatic carboxylic acids is 1. The topological polar surface area (TPSA) is 37.3 Å². The van der Waals surface area contributed by atoms with Gasteiger partial charge in [0.25, 0.3) is 0 Å². The van der Waals surface area contributed by atoms with E-state index in [-0.39, 0.29) is 17.7 Å². The minimum atomic E-state index is -0.746. The molecular weight excluding hydrogens is 231 g/mol. The molecule has 0 bridgehead atoms. The first kappa shape index (κ1) is 11.4. The van der Waals surface area contributed by atoms with E-state index in [1.165, 1.54) is 6.07 Å². The standard InChI is InChI=1S/C12H12ClFO2/c13-10-2-1-3-11(14)8(10)5-4-7-6-9(7)12(15)16/h1-3,7,9H,4-6H2,(H,15,16). The molecule has 1 aliphatic rings. The van der Waals surface area contributed by atoms with Gasteiger partial charge in [-0.05, 0) is 37.3 Å². The molecule has 0 saturated heterocycles. The molecule has 1 fully saturated rings. The summed E-state index contributed by atoms with van der Waals surface area (Å²) in [5, 5.41) is 9.15. The van der Waals surface area contributed by atoms with Crippen LogP contribution in [0.2, 0.25) is 5.02 Å². The van der Waals surface area contributed by atoms with Crippen molar-refractivity contribution < 1.29 is 14.3 Å². The van der Waals surface area contributed by atoms with E-state index in [1.54, 1.807) is 12.1 Å². The number of carboxylic acids is 1. The highest BCUT2D eigenvalue weighted by atomic mass is 35.5. The van der Waals surface area contributed by atoms with Crippen molar-refractivity contribution in [3.63, 3.8) is 0 Å². The van der Waals surface area contributed by atoms with Crippen molar-refractivity contribution in [1.82, 2.24) is 0 Å². The van der Waals surface area contributed by atoms with Gasteiger partial charge in [-0.2, -0.15) is 0 Å². The largest absolute Gasteiger partial charge is 0.481 e. The molecule has 0 heterocycles. The van der Waals surface area contributed by atoms with Crippen LogP contribution in [0.4, 0.5) is 4.39 Å². The molecule has 2 nitrogen and oxygen atoms in total. The summed E-state index contributed by atoms with van der Waals surface area (Å²) in [7, 11) is 0. The molecule has 0 radical (unpaired) electrons. The van der Waals surface area contributed by atoms with Gasteiger partial charge >= 0.3 is 5.97 Å². The summed E-state index contributed by atoms with van der Waals surface area (Å²) in [6, 6.07) is 4.60. The lowest BCUT2D eigenvalue weighted by Crippen LogP contribution is -2.01. The van der Waals surface area contributed by atoms with E-state index < -0.39 is 5.97 Å². The summed E-state index contributed by atoms with van der Waals surface area (Å²) in [6.45, 7) is 0. The van der Waals surface area contributed by atoms with Crippen molar-refractivity contribution in [3.05, 3.63) is 34.6 Å². The number of halogens is 2. The lowest BCUT2D eigenvalue weighted by atomic mass is 10.1. The average molecular weight is 243 g/mol. The Bertz CT molecular complexity index is 399. The molecule has 16 heavy (non-hydrogen) atoms. The fourth-order valence-electron chi connectivity index (χ4n) is 1.97. The Kier molecular flexibility index (Phi) is 3.15. The van der Waals surface area contributed by atoms with Crippen LogP contribution in [0.5, 0.6) is 0 Å². The predicted molar refractivity (Wildman–Crippen MR) is 59.0 cm³/mol. The Morgan fingerprint density at radius 1 is 1.56 bits per heavy atom. The molecule has 0 amide bonds. The molecule has 1 saturated carbocycles. The summed E-state index contributed by atoms with van der Waals surface area (Å²) in [4.78, 5) is 10.6. The van der Waals surface area contributed by atoms with E-state index in [0.29, 0.717) is 29.8 Å². The highest BCUT2D eigenvalue weighted by molar-refractivity contribution is 6.31. The van der Waals surface area contributed by atoms with E-state index in [4.69, 9.17) is 16.7 Å². The molecule has 2 unspecified atom stereocenters. The maximum absolute atomic E-state index is 13.4. The summed E-state index contributed by atoms with van der Waals surface area (Å²) < 4.78 is 13.4. The number of carbonyl (C=O) groups is 1. The Labute approximate surface area is 98.0 Å². The molecule has 1 N–H and O–H groups in total. The fraction of sp³-hybridized carbons (Fsp3) is 0.417. The van der Waals surface area contributed by atoms with Crippen LogP contribution >= 0.6 is 11.6 Å². The fourth-order valence-corrected chi connectivity index (χ4v) is 2.23. The second-order valence-electron chi connectivity index (χ2n) is 4.18. The van der Waals surface area contributed by atoms with Gasteiger partial charge in [0.2, 0.25) is 0 Å². The Morgan fingerprint density at radius 2 is 2.31 bits per heavy atom. The van der Waals surface area contributed by atoms with Gasteiger partial charge < -0.3 is 5.11 Å². The van der Waals surface area contributed by atoms with Crippen molar-refractivity contribution in [3.8, 4) is 0 Å². The van der Waals surface area contributed by atoms with Gasteiger partial charge in [-0.1, -0.05) is 17.7 Å². The van der Waals surface area contributed by atoms with Gasteiger partial charge in [0, 0.05) is 10.6 Å². The zero-order valence-electron chi connectivity index (χ0n) is 8.62. The van der Waals surface area contributed by atoms with Gasteiger partial charge in [-0.25, -0.2) is 4.39 Å². The zero-order chi connectivity index (χ0) is 11.7. The maximum Gasteiger partial charge on any atom is 0.306 e. The Balaban J connectivity index is 1.94. The number of rotatable bonds is 4. The first-order valence-corrected chi connectivity index (χ1v) is 5.63. The van der Waals surface area contributed by atoms with Crippen LogP contribution in [-0.4, -0.2) is 11.1 Å². The van der Waals surface area contributed by atoms with Crippen molar-refractivity contribution >= 4 is 17.6 Å². The minimum absolute atomic E-state index is 0.188. The van der Waals surface area contributed by atoms with Crippen molar-refractivity contribution in [2.45, 2.75) is 19.3 Å². The zero-order valence-corrected chi connectivity index (χ0v) is 9.38. The van der Waals surface area contributed by atoms with Crippen molar-refractivity contribution in [2.24, 2.45) is 11.8 Å². The van der Waals surface area contributed by atoms with Gasteiger partial charge in [0.15, 0.2) is 0 Å². The van der Waals surface area contributed by atoms with E-state index in [0.717, 1.165) is 0 Å². The molecule has 1 aromatic rings. The van der Waals surface area contributed by atoms with Gasteiger partial charge in [-0.15, -0.1) is 0 Å². The predicted octanol–water partition coefficient (Wildman–Crippen LogP) is 3.13. The summed E-state index contributed by atoms with van der Waals surface area (Å²) in [5.41, 5.74) is 0.500. The van der Waals surface area contributed by atoms with Crippen LogP contribution in [-0.2, 0) is 11.2 Å². The quantitative estimate of drug-likeness (QED) is 0.881. The maximum atomic E-state index is 13.4. The Morgan fingerprint density at radius 3 is 2.88 bits per heavy atom. The number of benzene rings is 1. The summed E-state index contributed by atoms with van der Waals surface area (Å²) in [6.07, 6.45) is 1.92. The van der Waals surface area contributed by atoms with Gasteiger partial charge in [0.05, 0.1) is 5.92 Å². The second kappa shape index (κ2) is 4.42. The molecule has 2 atom stereocenters. The van der Waals surface area contributed by atoms with Crippen LogP contribution in [0.3, 0.4) is 0 Å². The third-order valence-corrected chi connectivity index (χ3v) is 3.42. The van der Waals surface area contributed by atoms with Crippen molar-refractivity contribution in [2.75, 3.05) is 0 Å². The van der Waals surface area contributed by atoms with E-state index >= 15 is 0 Å². The smallest absolute Gasteiger partial charge is 0.306 e. The van der Waals surface area contributed by atoms with Crippen LogP contribution in [0, 0.1) is 17.7 Å². The van der Waals surface area contributed by atoms with E-state index in [1.807, 2.05) is 0 Å². The summed E-state index contributed by atoms with van der Waals surface area (Å²) >= 11 is 5.88. The normalized spacial score (nSPS) is 23.1. The van der Waals surface area contributed by atoms with Crippen molar-refractivity contribution in [1.29, 1.82) is 0 Å². The lowest BCUT2D eigenvalue weighted by molar-refractivity contribution is -0.138. The molecule has 86 valence electrons. The highest BCUT2D eigenvalue weighted by Crippen LogP contribution is 2.42. The van der Waals surface area contributed by atoms with E-state index in [2.05, 4.69) is 0 Å². The van der Waals surface area contributed by atoms with Crippen LogP contribution in [0.15, 0.2) is 18.2 Å². The van der Waals surface area contributed by atoms with E-state index in [9.17, 15) is 9.18 Å². The van der Waals surface area contributed by atoms with Crippen LogP contribution < -0.4 is 0 Å². The number of hydrogen-bond acceptors (Lipinski definition) is 1. The molecule has 4 heteroatoms. The molecule has 2 rings (SSSR count). The average Bonchev–Trinajstić information content (AvgIpc) is 2.96. The molecule has 1 aliphatic carbocycles. The second-order valence-corrected chi connectivity index (χ2v) is 4.59. The molecule has 0 spiro atoms. The highest BCUT2D eigenvalue weighted by Gasteiger charge is 2.42. The molecular formula is C12H12ClFO2. The first-order valence-electron chi connectivity index (χ1n) is 5.25. The number of hydrogen-bond donors (Lipinski definition) is 1. The van der Waals surface area contributed by atoms with Crippen LogP contribution in [0.1, 0.15) is 18.4 Å². The Hall–Kier alpha value is -1.09. The minimum Gasteiger partial charge on any atom is -0.481 e. The monoisotopic (exact) mass is 242 g/mol. The first-order chi connectivity index (χ1) is 7.59. The third kappa shape index (κ3) is 2.35. The summed E-state index contributed by atoms with van der Waals surface area (Å²) in [5.74, 6) is -1.09. The van der Waals surface area contributed by atoms with Crippen LogP contribution in [0.25, 0.3) is 0 Å².